The Morgan fingerprint density at radius 1 is 1.11 bits per heavy atom. The minimum absolute atomic E-state index is 0.0487. The van der Waals surface area contributed by atoms with Gasteiger partial charge in [-0.25, -0.2) is 17.5 Å². The predicted octanol–water partition coefficient (Wildman–Crippen LogP) is 2.97. The van der Waals surface area contributed by atoms with Crippen LogP contribution in [0.5, 0.6) is 0 Å². The lowest BCUT2D eigenvalue weighted by atomic mass is 10.0. The highest BCUT2D eigenvalue weighted by Gasteiger charge is 2.28. The summed E-state index contributed by atoms with van der Waals surface area (Å²) in [5.41, 5.74) is 1.13. The first-order chi connectivity index (χ1) is 12.9. The Balaban J connectivity index is 1.60. The van der Waals surface area contributed by atoms with Gasteiger partial charge in [0.05, 0.1) is 10.5 Å². The fourth-order valence-electron chi connectivity index (χ4n) is 3.20. The first kappa shape index (κ1) is 19.5. The van der Waals surface area contributed by atoms with Gasteiger partial charge in [-0.1, -0.05) is 31.2 Å². The molecule has 0 unspecified atom stereocenters. The van der Waals surface area contributed by atoms with Crippen molar-refractivity contribution in [3.05, 3.63) is 65.5 Å². The maximum absolute atomic E-state index is 13.8. The molecule has 1 heterocycles. The molecule has 0 aliphatic carbocycles. The van der Waals surface area contributed by atoms with Gasteiger partial charge in [0.2, 0.25) is 10.0 Å². The van der Waals surface area contributed by atoms with Gasteiger partial charge in [0.15, 0.2) is 0 Å². The maximum Gasteiger partial charge on any atom is 0.256 e. The normalized spacial score (nSPS) is 15.7. The summed E-state index contributed by atoms with van der Waals surface area (Å²) < 4.78 is 41.6. The van der Waals surface area contributed by atoms with E-state index in [9.17, 15) is 17.6 Å². The SMILES string of the molecule is CCc1ccc(S(=O)(=O)NC2CCN(C(=O)c3ccccc3F)CC2)cc1. The average molecular weight is 390 g/mol. The third kappa shape index (κ3) is 4.54. The van der Waals surface area contributed by atoms with Crippen molar-refractivity contribution in [2.75, 3.05) is 13.1 Å². The number of sulfonamides is 1. The molecule has 27 heavy (non-hydrogen) atoms. The molecule has 5 nitrogen and oxygen atoms in total. The Morgan fingerprint density at radius 2 is 1.74 bits per heavy atom. The number of carbonyl (C=O) groups excluding carboxylic acids is 1. The molecule has 0 radical (unpaired) electrons. The van der Waals surface area contributed by atoms with Crippen molar-refractivity contribution in [3.63, 3.8) is 0 Å². The van der Waals surface area contributed by atoms with Crippen molar-refractivity contribution in [1.29, 1.82) is 0 Å². The molecular weight excluding hydrogens is 367 g/mol. The number of nitrogens with zero attached hydrogens (tertiary/aromatic N) is 1. The zero-order chi connectivity index (χ0) is 19.4. The lowest BCUT2D eigenvalue weighted by Gasteiger charge is -2.32. The molecule has 1 aliphatic heterocycles. The molecule has 0 bridgehead atoms. The first-order valence-electron chi connectivity index (χ1n) is 9.06. The van der Waals surface area contributed by atoms with Gasteiger partial charge in [-0.15, -0.1) is 0 Å². The number of benzene rings is 2. The predicted molar refractivity (Wildman–Crippen MR) is 101 cm³/mol. The number of likely N-dealkylation sites (tertiary alicyclic amines) is 1. The molecule has 144 valence electrons. The Kier molecular flexibility index (Phi) is 5.92. The lowest BCUT2D eigenvalue weighted by molar-refractivity contribution is 0.0706. The van der Waals surface area contributed by atoms with Crippen LogP contribution in [0.2, 0.25) is 0 Å². The minimum atomic E-state index is -3.59. The van der Waals surface area contributed by atoms with E-state index in [1.807, 2.05) is 19.1 Å². The molecule has 2 aromatic carbocycles. The van der Waals surface area contributed by atoms with Gasteiger partial charge in [0, 0.05) is 19.1 Å². The Bertz CT molecular complexity index is 905. The summed E-state index contributed by atoms with van der Waals surface area (Å²) in [6.07, 6.45) is 1.83. The Morgan fingerprint density at radius 3 is 2.33 bits per heavy atom. The second-order valence-corrected chi connectivity index (χ2v) is 8.38. The van der Waals surface area contributed by atoms with E-state index < -0.39 is 15.8 Å². The zero-order valence-corrected chi connectivity index (χ0v) is 16.0. The van der Waals surface area contributed by atoms with Crippen LogP contribution >= 0.6 is 0 Å². The molecule has 0 aromatic heterocycles. The third-order valence-electron chi connectivity index (χ3n) is 4.85. The fourth-order valence-corrected chi connectivity index (χ4v) is 4.50. The van der Waals surface area contributed by atoms with Crippen molar-refractivity contribution in [2.45, 2.75) is 37.1 Å². The smallest absolute Gasteiger partial charge is 0.256 e. The van der Waals surface area contributed by atoms with Crippen molar-refractivity contribution < 1.29 is 17.6 Å². The van der Waals surface area contributed by atoms with Gasteiger partial charge in [0.25, 0.3) is 5.91 Å². The van der Waals surface area contributed by atoms with Crippen LogP contribution in [0.1, 0.15) is 35.7 Å². The quantitative estimate of drug-likeness (QED) is 0.854. The Labute approximate surface area is 159 Å². The summed E-state index contributed by atoms with van der Waals surface area (Å²) in [7, 11) is -3.59. The zero-order valence-electron chi connectivity index (χ0n) is 15.2. The lowest BCUT2D eigenvalue weighted by Crippen LogP contribution is -2.46. The van der Waals surface area contributed by atoms with E-state index in [1.165, 1.54) is 12.1 Å². The molecule has 1 aliphatic rings. The summed E-state index contributed by atoms with van der Waals surface area (Å²) >= 11 is 0. The molecule has 1 saturated heterocycles. The van der Waals surface area contributed by atoms with Crippen LogP contribution in [-0.4, -0.2) is 38.4 Å². The van der Waals surface area contributed by atoms with Gasteiger partial charge in [0.1, 0.15) is 5.82 Å². The van der Waals surface area contributed by atoms with Crippen molar-refractivity contribution in [2.24, 2.45) is 0 Å². The first-order valence-corrected chi connectivity index (χ1v) is 10.5. The van der Waals surface area contributed by atoms with E-state index in [0.717, 1.165) is 12.0 Å². The number of amides is 1. The summed E-state index contributed by atoms with van der Waals surface area (Å²) in [6, 6.07) is 12.5. The van der Waals surface area contributed by atoms with Crippen molar-refractivity contribution in [3.8, 4) is 0 Å². The van der Waals surface area contributed by atoms with Gasteiger partial charge >= 0.3 is 0 Å². The van der Waals surface area contributed by atoms with Gasteiger partial charge < -0.3 is 4.90 Å². The molecular formula is C20H23FN2O3S. The van der Waals surface area contributed by atoms with E-state index in [-0.39, 0.29) is 22.4 Å². The summed E-state index contributed by atoms with van der Waals surface area (Å²) in [5, 5.41) is 0. The van der Waals surface area contributed by atoms with E-state index in [0.29, 0.717) is 25.9 Å². The molecule has 1 amide bonds. The maximum atomic E-state index is 13.8. The highest BCUT2D eigenvalue weighted by Crippen LogP contribution is 2.18. The second-order valence-electron chi connectivity index (χ2n) is 6.67. The average Bonchev–Trinajstić information content (AvgIpc) is 2.68. The third-order valence-corrected chi connectivity index (χ3v) is 6.39. The largest absolute Gasteiger partial charge is 0.338 e. The summed E-state index contributed by atoms with van der Waals surface area (Å²) in [6.45, 7) is 2.78. The van der Waals surface area contributed by atoms with Crippen LogP contribution < -0.4 is 4.72 Å². The fraction of sp³-hybridized carbons (Fsp3) is 0.350. The van der Waals surface area contributed by atoms with Crippen LogP contribution in [0.15, 0.2) is 53.4 Å². The van der Waals surface area contributed by atoms with Crippen molar-refractivity contribution in [1.82, 2.24) is 9.62 Å². The number of hydrogen-bond acceptors (Lipinski definition) is 3. The number of aryl methyl sites for hydroxylation is 1. The number of hydrogen-bond donors (Lipinski definition) is 1. The summed E-state index contributed by atoms with van der Waals surface area (Å²) in [4.78, 5) is 14.3. The number of piperidine rings is 1. The number of rotatable bonds is 5. The monoisotopic (exact) mass is 390 g/mol. The number of nitrogens with one attached hydrogen (secondary N) is 1. The van der Waals surface area contributed by atoms with E-state index in [1.54, 1.807) is 29.2 Å². The molecule has 0 atom stereocenters. The van der Waals surface area contributed by atoms with Gasteiger partial charge in [-0.05, 0) is 49.1 Å². The highest BCUT2D eigenvalue weighted by molar-refractivity contribution is 7.89. The molecule has 1 N–H and O–H groups in total. The topological polar surface area (TPSA) is 66.5 Å². The Hall–Kier alpha value is -2.25. The molecule has 2 aromatic rings. The van der Waals surface area contributed by atoms with E-state index >= 15 is 0 Å². The molecule has 0 spiro atoms. The van der Waals surface area contributed by atoms with Crippen LogP contribution in [0.25, 0.3) is 0 Å². The van der Waals surface area contributed by atoms with Gasteiger partial charge in [-0.2, -0.15) is 0 Å². The van der Waals surface area contributed by atoms with Crippen LogP contribution in [0, 0.1) is 5.82 Å². The molecule has 7 heteroatoms. The van der Waals surface area contributed by atoms with Crippen LogP contribution in [0.4, 0.5) is 4.39 Å². The van der Waals surface area contributed by atoms with Gasteiger partial charge in [-0.3, -0.25) is 4.79 Å². The van der Waals surface area contributed by atoms with Crippen molar-refractivity contribution >= 4 is 15.9 Å². The number of halogens is 1. The van der Waals surface area contributed by atoms with Crippen LogP contribution in [-0.2, 0) is 16.4 Å². The molecule has 1 fully saturated rings. The van der Waals surface area contributed by atoms with E-state index in [4.69, 9.17) is 0 Å². The minimum Gasteiger partial charge on any atom is -0.338 e. The second kappa shape index (κ2) is 8.19. The van der Waals surface area contributed by atoms with Crippen LogP contribution in [0.3, 0.4) is 0 Å². The molecule has 3 rings (SSSR count). The number of carbonyl (C=O) groups is 1. The highest BCUT2D eigenvalue weighted by atomic mass is 32.2. The van der Waals surface area contributed by atoms with E-state index in [2.05, 4.69) is 4.72 Å². The summed E-state index contributed by atoms with van der Waals surface area (Å²) in [5.74, 6) is -0.898. The standard InChI is InChI=1S/C20H23FN2O3S/c1-2-15-7-9-17(10-8-15)27(25,26)22-16-11-13-23(14-12-16)20(24)18-5-3-4-6-19(18)21/h3-10,16,22H,2,11-14H2,1H3. The molecule has 0 saturated carbocycles.